The van der Waals surface area contributed by atoms with E-state index in [1.165, 1.54) is 18.5 Å². The van der Waals surface area contributed by atoms with Crippen LogP contribution in [0.5, 0.6) is 0 Å². The number of nitrogens with zero attached hydrogens (tertiary/aromatic N) is 2. The Morgan fingerprint density at radius 3 is 2.53 bits per heavy atom. The van der Waals surface area contributed by atoms with Crippen LogP contribution in [0.3, 0.4) is 0 Å². The van der Waals surface area contributed by atoms with Gasteiger partial charge < -0.3 is 14.5 Å². The summed E-state index contributed by atoms with van der Waals surface area (Å²) in [7, 11) is 0. The van der Waals surface area contributed by atoms with Gasteiger partial charge in [0.15, 0.2) is 0 Å². The van der Waals surface area contributed by atoms with E-state index < -0.39 is 0 Å². The zero-order valence-electron chi connectivity index (χ0n) is 11.2. The maximum absolute atomic E-state index is 12.4. The van der Waals surface area contributed by atoms with E-state index in [9.17, 15) is 4.79 Å². The predicted molar refractivity (Wildman–Crippen MR) is 74.6 cm³/mol. The van der Waals surface area contributed by atoms with Crippen molar-refractivity contribution in [1.29, 1.82) is 0 Å². The molecule has 0 aliphatic carbocycles. The van der Waals surface area contributed by atoms with Crippen LogP contribution in [0.2, 0.25) is 0 Å². The minimum Gasteiger partial charge on any atom is -0.378 e. The van der Waals surface area contributed by atoms with Gasteiger partial charge in [0.05, 0.1) is 13.2 Å². The predicted octanol–water partition coefficient (Wildman–Crippen LogP) is 1.76. The van der Waals surface area contributed by atoms with Gasteiger partial charge in [0.2, 0.25) is 0 Å². The lowest BCUT2D eigenvalue weighted by Gasteiger charge is -2.27. The Balaban J connectivity index is 1.76. The van der Waals surface area contributed by atoms with Crippen LogP contribution in [0.25, 0.3) is 0 Å². The second-order valence-corrected chi connectivity index (χ2v) is 5.15. The molecule has 1 amide bonds. The van der Waals surface area contributed by atoms with Crippen LogP contribution in [0.15, 0.2) is 24.3 Å². The Labute approximate surface area is 113 Å². The molecule has 1 aromatic rings. The molecule has 0 unspecified atom stereocenters. The van der Waals surface area contributed by atoms with Crippen molar-refractivity contribution in [2.45, 2.75) is 12.8 Å². The Bertz CT molecular complexity index is 449. The zero-order chi connectivity index (χ0) is 13.1. The summed E-state index contributed by atoms with van der Waals surface area (Å²) in [4.78, 5) is 16.7. The molecule has 0 radical (unpaired) electrons. The number of amides is 1. The molecule has 2 aliphatic heterocycles. The standard InChI is InChI=1S/C15H20N2O2/c18-15(17-8-10-19-11-9-17)13-4-3-5-14(12-13)16-6-1-2-7-16/h3-5,12H,1-2,6-11H2. The largest absolute Gasteiger partial charge is 0.378 e. The normalized spacial score (nSPS) is 19.8. The lowest BCUT2D eigenvalue weighted by Crippen LogP contribution is -2.40. The number of carbonyl (C=O) groups excluding carboxylic acids is 1. The van der Waals surface area contributed by atoms with Crippen LogP contribution < -0.4 is 4.90 Å². The number of benzene rings is 1. The van der Waals surface area contributed by atoms with Crippen molar-refractivity contribution in [3.8, 4) is 0 Å². The number of morpholine rings is 1. The molecule has 0 saturated carbocycles. The maximum Gasteiger partial charge on any atom is 0.254 e. The van der Waals surface area contributed by atoms with E-state index in [0.29, 0.717) is 26.3 Å². The smallest absolute Gasteiger partial charge is 0.254 e. The van der Waals surface area contributed by atoms with E-state index in [1.807, 2.05) is 23.1 Å². The molecule has 2 heterocycles. The lowest BCUT2D eigenvalue weighted by atomic mass is 10.1. The van der Waals surface area contributed by atoms with Gasteiger partial charge in [-0.15, -0.1) is 0 Å². The SMILES string of the molecule is O=C(c1cccc(N2CCCC2)c1)N1CCOCC1. The first-order chi connectivity index (χ1) is 9.34. The van der Waals surface area contributed by atoms with Crippen molar-refractivity contribution < 1.29 is 9.53 Å². The van der Waals surface area contributed by atoms with Crippen molar-refractivity contribution in [2.24, 2.45) is 0 Å². The number of rotatable bonds is 2. The Morgan fingerprint density at radius 2 is 1.79 bits per heavy atom. The molecule has 0 bridgehead atoms. The number of ether oxygens (including phenoxy) is 1. The molecule has 1 aromatic carbocycles. The molecule has 2 aliphatic rings. The van der Waals surface area contributed by atoms with Crippen LogP contribution in [0, 0.1) is 0 Å². The van der Waals surface area contributed by atoms with E-state index in [2.05, 4.69) is 11.0 Å². The molecule has 102 valence electrons. The first-order valence-corrected chi connectivity index (χ1v) is 7.06. The highest BCUT2D eigenvalue weighted by Gasteiger charge is 2.20. The third-order valence-corrected chi connectivity index (χ3v) is 3.86. The first-order valence-electron chi connectivity index (χ1n) is 7.06. The van der Waals surface area contributed by atoms with Gasteiger partial charge in [0.1, 0.15) is 0 Å². The van der Waals surface area contributed by atoms with Crippen LogP contribution >= 0.6 is 0 Å². The highest BCUT2D eigenvalue weighted by molar-refractivity contribution is 5.95. The second kappa shape index (κ2) is 5.61. The minimum absolute atomic E-state index is 0.129. The molecule has 2 saturated heterocycles. The number of hydrogen-bond acceptors (Lipinski definition) is 3. The van der Waals surface area contributed by atoms with E-state index in [1.54, 1.807) is 0 Å². The van der Waals surface area contributed by atoms with Gasteiger partial charge in [-0.1, -0.05) is 6.07 Å². The number of anilines is 1. The second-order valence-electron chi connectivity index (χ2n) is 5.15. The molecule has 0 aromatic heterocycles. The highest BCUT2D eigenvalue weighted by atomic mass is 16.5. The van der Waals surface area contributed by atoms with Gasteiger partial charge in [0.25, 0.3) is 5.91 Å². The Kier molecular flexibility index (Phi) is 3.69. The van der Waals surface area contributed by atoms with Gasteiger partial charge in [-0.05, 0) is 31.0 Å². The van der Waals surface area contributed by atoms with E-state index in [0.717, 1.165) is 18.7 Å². The summed E-state index contributed by atoms with van der Waals surface area (Å²) in [6.07, 6.45) is 2.50. The Morgan fingerprint density at radius 1 is 1.05 bits per heavy atom. The van der Waals surface area contributed by atoms with E-state index >= 15 is 0 Å². The fourth-order valence-corrected chi connectivity index (χ4v) is 2.76. The quantitative estimate of drug-likeness (QED) is 0.812. The Hall–Kier alpha value is -1.55. The van der Waals surface area contributed by atoms with Crippen LogP contribution in [-0.2, 0) is 4.74 Å². The third-order valence-electron chi connectivity index (χ3n) is 3.86. The van der Waals surface area contributed by atoms with Gasteiger partial charge in [-0.25, -0.2) is 0 Å². The monoisotopic (exact) mass is 260 g/mol. The molecular formula is C15H20N2O2. The highest BCUT2D eigenvalue weighted by Crippen LogP contribution is 2.22. The molecule has 4 heteroatoms. The van der Waals surface area contributed by atoms with Gasteiger partial charge in [-0.2, -0.15) is 0 Å². The third kappa shape index (κ3) is 2.73. The molecule has 0 N–H and O–H groups in total. The topological polar surface area (TPSA) is 32.8 Å². The summed E-state index contributed by atoms with van der Waals surface area (Å²) >= 11 is 0. The molecule has 3 rings (SSSR count). The molecule has 2 fully saturated rings. The minimum atomic E-state index is 0.129. The average molecular weight is 260 g/mol. The van der Waals surface area contributed by atoms with Crippen LogP contribution in [0.1, 0.15) is 23.2 Å². The van der Waals surface area contributed by atoms with Gasteiger partial charge in [0, 0.05) is 37.4 Å². The molecule has 0 atom stereocenters. The molecular weight excluding hydrogens is 240 g/mol. The van der Waals surface area contributed by atoms with Crippen molar-refractivity contribution in [3.63, 3.8) is 0 Å². The first kappa shape index (κ1) is 12.5. The fraction of sp³-hybridized carbons (Fsp3) is 0.533. The summed E-state index contributed by atoms with van der Waals surface area (Å²) in [5.74, 6) is 0.129. The van der Waals surface area contributed by atoms with Crippen LogP contribution in [-0.4, -0.2) is 50.2 Å². The molecule has 19 heavy (non-hydrogen) atoms. The molecule has 4 nitrogen and oxygen atoms in total. The summed E-state index contributed by atoms with van der Waals surface area (Å²) < 4.78 is 5.29. The summed E-state index contributed by atoms with van der Waals surface area (Å²) in [5.41, 5.74) is 1.97. The lowest BCUT2D eigenvalue weighted by molar-refractivity contribution is 0.0303. The zero-order valence-corrected chi connectivity index (χ0v) is 11.2. The number of carbonyl (C=O) groups is 1. The average Bonchev–Trinajstić information content (AvgIpc) is 3.02. The van der Waals surface area contributed by atoms with Crippen molar-refractivity contribution in [1.82, 2.24) is 4.90 Å². The van der Waals surface area contributed by atoms with Gasteiger partial charge >= 0.3 is 0 Å². The summed E-state index contributed by atoms with van der Waals surface area (Å²) in [6, 6.07) is 8.03. The van der Waals surface area contributed by atoms with Crippen molar-refractivity contribution in [3.05, 3.63) is 29.8 Å². The number of hydrogen-bond donors (Lipinski definition) is 0. The maximum atomic E-state index is 12.4. The van der Waals surface area contributed by atoms with E-state index in [-0.39, 0.29) is 5.91 Å². The van der Waals surface area contributed by atoms with Crippen molar-refractivity contribution >= 4 is 11.6 Å². The molecule has 0 spiro atoms. The van der Waals surface area contributed by atoms with Crippen LogP contribution in [0.4, 0.5) is 5.69 Å². The van der Waals surface area contributed by atoms with Crippen molar-refractivity contribution in [2.75, 3.05) is 44.3 Å². The summed E-state index contributed by atoms with van der Waals surface area (Å²) in [6.45, 7) is 4.92. The van der Waals surface area contributed by atoms with E-state index in [4.69, 9.17) is 4.74 Å². The summed E-state index contributed by atoms with van der Waals surface area (Å²) in [5, 5.41) is 0. The fourth-order valence-electron chi connectivity index (χ4n) is 2.76. The van der Waals surface area contributed by atoms with Gasteiger partial charge in [-0.3, -0.25) is 4.79 Å².